The quantitative estimate of drug-likeness (QED) is 0.587. The largest absolute Gasteiger partial charge is 0.475 e. The van der Waals surface area contributed by atoms with Crippen LogP contribution in [0.1, 0.15) is 21.1 Å². The molecule has 12 heavy (non-hydrogen) atoms. The van der Waals surface area contributed by atoms with Gasteiger partial charge in [0.25, 0.3) is 0 Å². The molecule has 0 atom stereocenters. The summed E-state index contributed by atoms with van der Waals surface area (Å²) >= 11 is 0. The van der Waals surface area contributed by atoms with Crippen LogP contribution in [0.25, 0.3) is 0 Å². The second-order valence-corrected chi connectivity index (χ2v) is 2.01. The van der Waals surface area contributed by atoms with E-state index in [2.05, 4.69) is 4.42 Å². The first-order valence-corrected chi connectivity index (χ1v) is 2.88. The van der Waals surface area contributed by atoms with E-state index in [4.69, 9.17) is 15.9 Å². The Morgan fingerprint density at radius 2 is 1.92 bits per heavy atom. The zero-order valence-electron chi connectivity index (χ0n) is 5.77. The maximum Gasteiger partial charge on any atom is 0.374 e. The van der Waals surface area contributed by atoms with Crippen LogP contribution >= 0.6 is 0 Å². The van der Waals surface area contributed by atoms with Gasteiger partial charge in [0.05, 0.1) is 5.69 Å². The Balaban J connectivity index is 3.17. The van der Waals surface area contributed by atoms with E-state index in [1.54, 1.807) is 0 Å². The molecular weight excluding hydrogens is 166 g/mol. The summed E-state index contributed by atoms with van der Waals surface area (Å²) in [6.45, 7) is 0. The SMILES string of the molecule is Nc1cc(C(=O)O)oc1C(=O)O. The molecule has 1 aromatic rings. The third kappa shape index (κ3) is 1.22. The Morgan fingerprint density at radius 3 is 2.17 bits per heavy atom. The van der Waals surface area contributed by atoms with Gasteiger partial charge in [0.15, 0.2) is 0 Å². The number of carboxylic acids is 2. The number of rotatable bonds is 2. The molecule has 1 heterocycles. The van der Waals surface area contributed by atoms with E-state index in [0.717, 1.165) is 6.07 Å². The maximum atomic E-state index is 10.3. The van der Waals surface area contributed by atoms with E-state index in [1.807, 2.05) is 0 Å². The first-order valence-electron chi connectivity index (χ1n) is 2.88. The van der Waals surface area contributed by atoms with Crippen molar-refractivity contribution in [3.05, 3.63) is 17.6 Å². The van der Waals surface area contributed by atoms with Crippen LogP contribution in [0.3, 0.4) is 0 Å². The van der Waals surface area contributed by atoms with Crippen molar-refractivity contribution in [2.75, 3.05) is 5.73 Å². The Labute approximate surface area is 66.2 Å². The highest BCUT2D eigenvalue weighted by atomic mass is 16.4. The number of hydrogen-bond donors (Lipinski definition) is 3. The number of carboxylic acid groups (broad SMARTS) is 2. The summed E-state index contributed by atoms with van der Waals surface area (Å²) < 4.78 is 4.41. The average molecular weight is 171 g/mol. The molecule has 0 fully saturated rings. The summed E-state index contributed by atoms with van der Waals surface area (Å²) in [7, 11) is 0. The number of carbonyl (C=O) groups is 2. The molecule has 0 bridgehead atoms. The first kappa shape index (κ1) is 8.12. The van der Waals surface area contributed by atoms with Crippen LogP contribution in [-0.4, -0.2) is 22.2 Å². The summed E-state index contributed by atoms with van der Waals surface area (Å²) in [5.41, 5.74) is 4.95. The molecule has 0 aromatic carbocycles. The minimum atomic E-state index is -1.39. The van der Waals surface area contributed by atoms with Gasteiger partial charge in [-0.1, -0.05) is 0 Å². The molecule has 0 aliphatic carbocycles. The number of anilines is 1. The minimum absolute atomic E-state index is 0.195. The van der Waals surface area contributed by atoms with E-state index in [1.165, 1.54) is 0 Å². The van der Waals surface area contributed by atoms with Gasteiger partial charge in [-0.3, -0.25) is 0 Å². The summed E-state index contributed by atoms with van der Waals surface area (Å²) in [5, 5.41) is 16.8. The molecule has 0 aliphatic heterocycles. The molecule has 1 rings (SSSR count). The molecule has 0 saturated heterocycles. The van der Waals surface area contributed by atoms with Crippen LogP contribution in [0.2, 0.25) is 0 Å². The second kappa shape index (κ2) is 2.57. The fourth-order valence-corrected chi connectivity index (χ4v) is 0.678. The Hall–Kier alpha value is -1.98. The van der Waals surface area contributed by atoms with Gasteiger partial charge in [-0.15, -0.1) is 0 Å². The van der Waals surface area contributed by atoms with Crippen molar-refractivity contribution in [1.82, 2.24) is 0 Å². The van der Waals surface area contributed by atoms with Crippen molar-refractivity contribution in [3.8, 4) is 0 Å². The maximum absolute atomic E-state index is 10.3. The number of aromatic carboxylic acids is 2. The number of hydrogen-bond acceptors (Lipinski definition) is 4. The van der Waals surface area contributed by atoms with E-state index < -0.39 is 23.5 Å². The summed E-state index contributed by atoms with van der Waals surface area (Å²) in [6, 6.07) is 0.950. The lowest BCUT2D eigenvalue weighted by Gasteiger charge is -1.86. The van der Waals surface area contributed by atoms with Crippen molar-refractivity contribution in [2.24, 2.45) is 0 Å². The molecule has 0 aliphatic rings. The van der Waals surface area contributed by atoms with Gasteiger partial charge >= 0.3 is 11.9 Å². The summed E-state index contributed by atoms with van der Waals surface area (Å²) in [6.07, 6.45) is 0. The van der Waals surface area contributed by atoms with Crippen LogP contribution in [0.4, 0.5) is 5.69 Å². The first-order chi connectivity index (χ1) is 5.52. The van der Waals surface area contributed by atoms with Gasteiger partial charge in [0.2, 0.25) is 11.5 Å². The van der Waals surface area contributed by atoms with Crippen LogP contribution in [0.5, 0.6) is 0 Å². The zero-order chi connectivity index (χ0) is 9.30. The van der Waals surface area contributed by atoms with E-state index >= 15 is 0 Å². The molecule has 0 saturated carbocycles. The smallest absolute Gasteiger partial charge is 0.374 e. The number of nitrogen functional groups attached to an aromatic ring is 1. The molecule has 0 radical (unpaired) electrons. The fourth-order valence-electron chi connectivity index (χ4n) is 0.678. The summed E-state index contributed by atoms with van der Waals surface area (Å²) in [5.74, 6) is -3.77. The highest BCUT2D eigenvalue weighted by Crippen LogP contribution is 2.17. The van der Waals surface area contributed by atoms with Crippen LogP contribution < -0.4 is 5.73 Å². The van der Waals surface area contributed by atoms with Crippen LogP contribution in [0.15, 0.2) is 10.5 Å². The van der Waals surface area contributed by atoms with Gasteiger partial charge in [0.1, 0.15) is 0 Å². The predicted octanol–water partition coefficient (Wildman–Crippen LogP) is 0.258. The topological polar surface area (TPSA) is 114 Å². The van der Waals surface area contributed by atoms with Gasteiger partial charge in [-0.2, -0.15) is 0 Å². The molecule has 0 unspecified atom stereocenters. The van der Waals surface area contributed by atoms with Crippen molar-refractivity contribution in [2.45, 2.75) is 0 Å². The third-order valence-corrected chi connectivity index (χ3v) is 1.17. The van der Waals surface area contributed by atoms with Gasteiger partial charge < -0.3 is 20.4 Å². The third-order valence-electron chi connectivity index (χ3n) is 1.17. The lowest BCUT2D eigenvalue weighted by Crippen LogP contribution is -1.98. The highest BCUT2D eigenvalue weighted by molar-refractivity contribution is 5.94. The van der Waals surface area contributed by atoms with Crippen molar-refractivity contribution < 1.29 is 24.2 Å². The minimum Gasteiger partial charge on any atom is -0.475 e. The van der Waals surface area contributed by atoms with Crippen molar-refractivity contribution in [3.63, 3.8) is 0 Å². The predicted molar refractivity (Wildman–Crippen MR) is 37.0 cm³/mol. The fraction of sp³-hybridized carbons (Fsp3) is 0. The normalized spacial score (nSPS) is 9.67. The Morgan fingerprint density at radius 1 is 1.33 bits per heavy atom. The Bertz CT molecular complexity index is 340. The van der Waals surface area contributed by atoms with Gasteiger partial charge in [-0.05, 0) is 0 Å². The highest BCUT2D eigenvalue weighted by Gasteiger charge is 2.18. The van der Waals surface area contributed by atoms with Gasteiger partial charge in [-0.25, -0.2) is 9.59 Å². The van der Waals surface area contributed by atoms with Crippen LogP contribution in [-0.2, 0) is 0 Å². The summed E-state index contributed by atoms with van der Waals surface area (Å²) in [4.78, 5) is 20.5. The second-order valence-electron chi connectivity index (χ2n) is 2.01. The average Bonchev–Trinajstić information content (AvgIpc) is 2.30. The molecule has 4 N–H and O–H groups in total. The van der Waals surface area contributed by atoms with Crippen molar-refractivity contribution >= 4 is 17.6 Å². The molecule has 6 nitrogen and oxygen atoms in total. The van der Waals surface area contributed by atoms with Crippen LogP contribution in [0, 0.1) is 0 Å². The van der Waals surface area contributed by atoms with E-state index in [-0.39, 0.29) is 5.69 Å². The molecule has 64 valence electrons. The lowest BCUT2D eigenvalue weighted by atomic mass is 10.3. The Kier molecular flexibility index (Phi) is 1.74. The standard InChI is InChI=1S/C6H5NO5/c7-2-1-3(5(8)9)12-4(2)6(10)11/h1H,7H2,(H,8,9)(H,10,11). The van der Waals surface area contributed by atoms with Gasteiger partial charge in [0, 0.05) is 6.07 Å². The van der Waals surface area contributed by atoms with E-state index in [9.17, 15) is 9.59 Å². The molecule has 0 amide bonds. The molecule has 1 aromatic heterocycles. The number of nitrogens with two attached hydrogens (primary N) is 1. The molecule has 6 heteroatoms. The van der Waals surface area contributed by atoms with Crippen molar-refractivity contribution in [1.29, 1.82) is 0 Å². The zero-order valence-corrected chi connectivity index (χ0v) is 5.77. The molecule has 0 spiro atoms. The monoisotopic (exact) mass is 171 g/mol. The number of furan rings is 1. The molecular formula is C6H5NO5. The van der Waals surface area contributed by atoms with E-state index in [0.29, 0.717) is 0 Å². The lowest BCUT2D eigenvalue weighted by molar-refractivity contribution is 0.0632.